The van der Waals surface area contributed by atoms with Crippen LogP contribution in [0.1, 0.15) is 30.4 Å². The number of benzene rings is 1. The number of rotatable bonds is 4. The Balaban J connectivity index is 1.44. The predicted octanol–water partition coefficient (Wildman–Crippen LogP) is 1.78. The lowest BCUT2D eigenvalue weighted by Crippen LogP contribution is -2.49. The second kappa shape index (κ2) is 7.25. The van der Waals surface area contributed by atoms with Crippen molar-refractivity contribution in [2.45, 2.75) is 38.8 Å². The molecule has 1 amide bonds. The highest BCUT2D eigenvalue weighted by Gasteiger charge is 2.24. The van der Waals surface area contributed by atoms with Crippen LogP contribution in [0.5, 0.6) is 0 Å². The van der Waals surface area contributed by atoms with Gasteiger partial charge in [0.2, 0.25) is 5.91 Å². The molecule has 1 unspecified atom stereocenters. The van der Waals surface area contributed by atoms with Gasteiger partial charge in [0.15, 0.2) is 0 Å². The summed E-state index contributed by atoms with van der Waals surface area (Å²) >= 11 is 0. The third kappa shape index (κ3) is 4.08. The molecule has 0 bridgehead atoms. The van der Waals surface area contributed by atoms with Crippen LogP contribution in [0.15, 0.2) is 24.3 Å². The van der Waals surface area contributed by atoms with E-state index in [0.29, 0.717) is 18.4 Å². The maximum Gasteiger partial charge on any atom is 0.224 e. The van der Waals surface area contributed by atoms with Gasteiger partial charge in [-0.2, -0.15) is 0 Å². The normalized spacial score (nSPS) is 23.0. The summed E-state index contributed by atoms with van der Waals surface area (Å²) in [6.45, 7) is 7.91. The monoisotopic (exact) mass is 301 g/mol. The number of carbonyl (C=O) groups excluding carboxylic acids is 1. The molecule has 1 aromatic carbocycles. The third-order valence-electron chi connectivity index (χ3n) is 4.80. The molecule has 120 valence electrons. The highest BCUT2D eigenvalue weighted by molar-refractivity contribution is 5.77. The first kappa shape index (κ1) is 15.5. The topological polar surface area (TPSA) is 35.6 Å². The van der Waals surface area contributed by atoms with E-state index < -0.39 is 0 Å². The van der Waals surface area contributed by atoms with Gasteiger partial charge in [-0.15, -0.1) is 0 Å². The number of nitrogens with one attached hydrogen (secondary N) is 1. The van der Waals surface area contributed by atoms with Crippen molar-refractivity contribution in [1.29, 1.82) is 0 Å². The molecule has 0 spiro atoms. The fourth-order valence-electron chi connectivity index (χ4n) is 3.49. The molecule has 2 aliphatic heterocycles. The van der Waals surface area contributed by atoms with Crippen LogP contribution in [0, 0.1) is 6.92 Å². The Labute approximate surface area is 133 Å². The summed E-state index contributed by atoms with van der Waals surface area (Å²) in [4.78, 5) is 16.8. The van der Waals surface area contributed by atoms with Gasteiger partial charge in [0.1, 0.15) is 0 Å². The standard InChI is InChI=1S/C18H27N3O/c1-15-4-2-5-16(12-15)14-20-8-10-21(11-9-20)18(22)13-17-6-3-7-19-17/h2,4-5,12,17,19H,3,6-11,13-14H2,1H3. The van der Waals surface area contributed by atoms with E-state index >= 15 is 0 Å². The number of aryl methyl sites for hydroxylation is 1. The van der Waals surface area contributed by atoms with Crippen LogP contribution in [0.3, 0.4) is 0 Å². The van der Waals surface area contributed by atoms with Crippen molar-refractivity contribution >= 4 is 5.91 Å². The van der Waals surface area contributed by atoms with Crippen LogP contribution in [-0.4, -0.2) is 54.5 Å². The number of piperazine rings is 1. The van der Waals surface area contributed by atoms with Crippen LogP contribution in [0.2, 0.25) is 0 Å². The summed E-state index contributed by atoms with van der Waals surface area (Å²) in [6.07, 6.45) is 3.04. The van der Waals surface area contributed by atoms with E-state index in [0.717, 1.165) is 45.7 Å². The zero-order chi connectivity index (χ0) is 15.4. The van der Waals surface area contributed by atoms with E-state index in [1.165, 1.54) is 17.5 Å². The molecular formula is C18H27N3O. The molecule has 0 aromatic heterocycles. The Morgan fingerprint density at radius 3 is 2.77 bits per heavy atom. The number of carbonyl (C=O) groups is 1. The minimum absolute atomic E-state index is 0.328. The lowest BCUT2D eigenvalue weighted by Gasteiger charge is -2.35. The Hall–Kier alpha value is -1.39. The molecule has 22 heavy (non-hydrogen) atoms. The Bertz CT molecular complexity index is 503. The molecule has 1 N–H and O–H groups in total. The lowest BCUT2D eigenvalue weighted by atomic mass is 10.1. The van der Waals surface area contributed by atoms with E-state index in [9.17, 15) is 4.79 Å². The predicted molar refractivity (Wildman–Crippen MR) is 88.7 cm³/mol. The van der Waals surface area contributed by atoms with Crippen molar-refractivity contribution in [1.82, 2.24) is 15.1 Å². The van der Waals surface area contributed by atoms with Crippen molar-refractivity contribution in [3.8, 4) is 0 Å². The number of hydrogen-bond acceptors (Lipinski definition) is 3. The molecule has 0 saturated carbocycles. The van der Waals surface area contributed by atoms with Crippen LogP contribution in [0.25, 0.3) is 0 Å². The second-order valence-corrected chi connectivity index (χ2v) is 6.64. The molecular weight excluding hydrogens is 274 g/mol. The van der Waals surface area contributed by atoms with Gasteiger partial charge < -0.3 is 10.2 Å². The highest BCUT2D eigenvalue weighted by atomic mass is 16.2. The zero-order valence-electron chi connectivity index (χ0n) is 13.6. The first-order valence-electron chi connectivity index (χ1n) is 8.50. The first-order chi connectivity index (χ1) is 10.7. The van der Waals surface area contributed by atoms with Gasteiger partial charge in [0.25, 0.3) is 0 Å². The van der Waals surface area contributed by atoms with Gasteiger partial charge in [-0.3, -0.25) is 9.69 Å². The van der Waals surface area contributed by atoms with Gasteiger partial charge in [-0.05, 0) is 31.9 Å². The van der Waals surface area contributed by atoms with Gasteiger partial charge in [-0.25, -0.2) is 0 Å². The molecule has 4 heteroatoms. The Morgan fingerprint density at radius 1 is 1.27 bits per heavy atom. The van der Waals surface area contributed by atoms with E-state index in [1.807, 2.05) is 4.90 Å². The maximum absolute atomic E-state index is 12.3. The van der Waals surface area contributed by atoms with Crippen LogP contribution >= 0.6 is 0 Å². The number of nitrogens with zero attached hydrogens (tertiary/aromatic N) is 2. The van der Waals surface area contributed by atoms with Crippen molar-refractivity contribution in [2.75, 3.05) is 32.7 Å². The fourth-order valence-corrected chi connectivity index (χ4v) is 3.49. The fraction of sp³-hybridized carbons (Fsp3) is 0.611. The minimum atomic E-state index is 0.328. The molecule has 1 atom stereocenters. The zero-order valence-corrected chi connectivity index (χ0v) is 13.6. The summed E-state index contributed by atoms with van der Waals surface area (Å²) in [6, 6.07) is 9.12. The average Bonchev–Trinajstić information content (AvgIpc) is 3.01. The number of amides is 1. The molecule has 2 fully saturated rings. The van der Waals surface area contributed by atoms with Gasteiger partial charge in [0.05, 0.1) is 0 Å². The largest absolute Gasteiger partial charge is 0.340 e. The van der Waals surface area contributed by atoms with E-state index in [2.05, 4.69) is 41.4 Å². The van der Waals surface area contributed by atoms with E-state index in [4.69, 9.17) is 0 Å². The smallest absolute Gasteiger partial charge is 0.224 e. The lowest BCUT2D eigenvalue weighted by molar-refractivity contribution is -0.133. The van der Waals surface area contributed by atoms with Crippen molar-refractivity contribution in [2.24, 2.45) is 0 Å². The molecule has 2 aliphatic rings. The molecule has 2 saturated heterocycles. The average molecular weight is 301 g/mol. The molecule has 3 rings (SSSR count). The minimum Gasteiger partial charge on any atom is -0.340 e. The van der Waals surface area contributed by atoms with Crippen molar-refractivity contribution in [3.63, 3.8) is 0 Å². The summed E-state index contributed by atoms with van der Waals surface area (Å²) in [5, 5.41) is 3.42. The summed E-state index contributed by atoms with van der Waals surface area (Å²) in [7, 11) is 0. The quantitative estimate of drug-likeness (QED) is 0.921. The summed E-state index contributed by atoms with van der Waals surface area (Å²) in [5.74, 6) is 0.328. The second-order valence-electron chi connectivity index (χ2n) is 6.64. The van der Waals surface area contributed by atoms with Crippen LogP contribution in [-0.2, 0) is 11.3 Å². The Morgan fingerprint density at radius 2 is 2.09 bits per heavy atom. The maximum atomic E-state index is 12.3. The van der Waals surface area contributed by atoms with E-state index in [1.54, 1.807) is 0 Å². The Kier molecular flexibility index (Phi) is 5.11. The van der Waals surface area contributed by atoms with Gasteiger partial charge in [0, 0.05) is 45.2 Å². The third-order valence-corrected chi connectivity index (χ3v) is 4.80. The van der Waals surface area contributed by atoms with Crippen LogP contribution < -0.4 is 5.32 Å². The van der Waals surface area contributed by atoms with E-state index in [-0.39, 0.29) is 0 Å². The molecule has 2 heterocycles. The number of hydrogen-bond donors (Lipinski definition) is 1. The molecule has 4 nitrogen and oxygen atoms in total. The van der Waals surface area contributed by atoms with Crippen molar-refractivity contribution in [3.05, 3.63) is 35.4 Å². The molecule has 0 radical (unpaired) electrons. The summed E-state index contributed by atoms with van der Waals surface area (Å²) in [5.41, 5.74) is 2.69. The summed E-state index contributed by atoms with van der Waals surface area (Å²) < 4.78 is 0. The van der Waals surface area contributed by atoms with Crippen molar-refractivity contribution < 1.29 is 4.79 Å². The molecule has 0 aliphatic carbocycles. The van der Waals surface area contributed by atoms with Gasteiger partial charge >= 0.3 is 0 Å². The first-order valence-corrected chi connectivity index (χ1v) is 8.50. The highest BCUT2D eigenvalue weighted by Crippen LogP contribution is 2.14. The SMILES string of the molecule is Cc1cccc(CN2CCN(C(=O)CC3CCCN3)CC2)c1. The van der Waals surface area contributed by atoms with Crippen LogP contribution in [0.4, 0.5) is 0 Å². The van der Waals surface area contributed by atoms with Gasteiger partial charge in [-0.1, -0.05) is 29.8 Å². The molecule has 1 aromatic rings.